The number of carboxylic acids is 1. The van der Waals surface area contributed by atoms with Crippen molar-refractivity contribution in [1.29, 1.82) is 0 Å². The van der Waals surface area contributed by atoms with E-state index in [-0.39, 0.29) is 22.6 Å². The van der Waals surface area contributed by atoms with Gasteiger partial charge in [0.1, 0.15) is 17.1 Å². The Bertz CT molecular complexity index is 680. The topological polar surface area (TPSA) is 58.4 Å². The maximum atomic E-state index is 14.1. The first-order valence-electron chi connectivity index (χ1n) is 5.77. The highest BCUT2D eigenvalue weighted by molar-refractivity contribution is 5.88. The molecule has 2 aromatic rings. The minimum absolute atomic E-state index is 0.0152. The molecule has 1 aromatic heterocycles. The number of hydrogen-bond acceptors (Lipinski definition) is 3. The molecule has 0 aliphatic rings. The number of rotatable bonds is 3. The monoisotopic (exact) mass is 281 g/mol. The Morgan fingerprint density at radius 3 is 2.50 bits per heavy atom. The lowest BCUT2D eigenvalue weighted by Crippen LogP contribution is -2.15. The number of carbonyl (C=O) groups is 1. The molecular weight excluding hydrogens is 268 g/mol. The van der Waals surface area contributed by atoms with E-state index in [9.17, 15) is 13.6 Å². The summed E-state index contributed by atoms with van der Waals surface area (Å²) >= 11 is 0. The molecule has 0 fully saturated rings. The number of benzene rings is 1. The summed E-state index contributed by atoms with van der Waals surface area (Å²) < 4.78 is 28.6. The maximum absolute atomic E-state index is 14.1. The van der Waals surface area contributed by atoms with Gasteiger partial charge in [-0.15, -0.1) is 0 Å². The van der Waals surface area contributed by atoms with Crippen molar-refractivity contribution in [3.05, 3.63) is 41.2 Å². The first-order valence-corrected chi connectivity index (χ1v) is 5.77. The van der Waals surface area contributed by atoms with Gasteiger partial charge in [-0.1, -0.05) is 0 Å². The van der Waals surface area contributed by atoms with Gasteiger partial charge in [-0.3, -0.25) is 0 Å². The number of aromatic carboxylic acids is 1. The Hall–Kier alpha value is -2.44. The molecule has 1 aromatic carbocycles. The van der Waals surface area contributed by atoms with Crippen LogP contribution in [-0.2, 0) is 0 Å². The van der Waals surface area contributed by atoms with Gasteiger partial charge in [-0.05, 0) is 13.0 Å². The third kappa shape index (κ3) is 2.22. The molecule has 0 aliphatic carbocycles. The molecule has 5 nitrogen and oxygen atoms in total. The van der Waals surface area contributed by atoms with E-state index in [1.54, 1.807) is 14.1 Å². The van der Waals surface area contributed by atoms with Crippen LogP contribution in [0.3, 0.4) is 0 Å². The predicted octanol–water partition coefficient (Wildman–Crippen LogP) is 2.22. The van der Waals surface area contributed by atoms with Crippen LogP contribution >= 0.6 is 0 Å². The second-order valence-corrected chi connectivity index (χ2v) is 4.51. The van der Waals surface area contributed by atoms with Crippen LogP contribution in [-0.4, -0.2) is 35.0 Å². The van der Waals surface area contributed by atoms with Gasteiger partial charge >= 0.3 is 5.97 Å². The van der Waals surface area contributed by atoms with Gasteiger partial charge in [0.05, 0.1) is 17.6 Å². The van der Waals surface area contributed by atoms with Crippen LogP contribution in [0.2, 0.25) is 0 Å². The summed E-state index contributed by atoms with van der Waals surface area (Å²) in [5.74, 6) is -2.67. The fraction of sp³-hybridized carbons (Fsp3) is 0.231. The van der Waals surface area contributed by atoms with E-state index in [0.29, 0.717) is 0 Å². The molecule has 1 N–H and O–H groups in total. The van der Waals surface area contributed by atoms with Crippen LogP contribution in [0.4, 0.5) is 14.5 Å². The lowest BCUT2D eigenvalue weighted by atomic mass is 10.2. The lowest BCUT2D eigenvalue weighted by molar-refractivity contribution is 0.0696. The smallest absolute Gasteiger partial charge is 0.339 e. The van der Waals surface area contributed by atoms with Gasteiger partial charge < -0.3 is 10.0 Å². The summed E-state index contributed by atoms with van der Waals surface area (Å²) in [6.07, 6.45) is 1.14. The highest BCUT2D eigenvalue weighted by atomic mass is 19.1. The molecule has 2 rings (SSSR count). The SMILES string of the molecule is Cc1c(C(=O)O)cnn1-c1c(F)cc(F)cc1N(C)C. The molecule has 0 radical (unpaired) electrons. The lowest BCUT2D eigenvalue weighted by Gasteiger charge is -2.19. The third-order valence-corrected chi connectivity index (χ3v) is 2.94. The molecule has 0 atom stereocenters. The summed E-state index contributed by atoms with van der Waals surface area (Å²) in [6.45, 7) is 1.51. The zero-order valence-electron chi connectivity index (χ0n) is 11.2. The number of hydrogen-bond donors (Lipinski definition) is 1. The van der Waals surface area contributed by atoms with Crippen LogP contribution in [0.5, 0.6) is 0 Å². The van der Waals surface area contributed by atoms with Gasteiger partial charge in [0.15, 0.2) is 5.82 Å². The second-order valence-electron chi connectivity index (χ2n) is 4.51. The average Bonchev–Trinajstić information content (AvgIpc) is 2.70. The third-order valence-electron chi connectivity index (χ3n) is 2.94. The van der Waals surface area contributed by atoms with Crippen LogP contribution in [0.15, 0.2) is 18.3 Å². The number of halogens is 2. The molecule has 1 heterocycles. The molecule has 7 heteroatoms. The summed E-state index contributed by atoms with van der Waals surface area (Å²) in [6, 6.07) is 1.91. The Morgan fingerprint density at radius 2 is 2.00 bits per heavy atom. The van der Waals surface area contributed by atoms with E-state index in [0.717, 1.165) is 16.9 Å². The van der Waals surface area contributed by atoms with Crippen molar-refractivity contribution >= 4 is 11.7 Å². The maximum Gasteiger partial charge on any atom is 0.339 e. The van der Waals surface area contributed by atoms with Gasteiger partial charge in [-0.25, -0.2) is 18.3 Å². The molecule has 106 valence electrons. The summed E-state index contributed by atoms with van der Waals surface area (Å²) in [4.78, 5) is 12.5. The van der Waals surface area contributed by atoms with Crippen molar-refractivity contribution in [2.75, 3.05) is 19.0 Å². The van der Waals surface area contributed by atoms with E-state index >= 15 is 0 Å². The standard InChI is InChI=1S/C13H13F2N3O2/c1-7-9(13(19)20)6-16-18(7)12-10(15)4-8(14)5-11(12)17(2)3/h4-6H,1-3H3,(H,19,20). The molecule has 0 saturated carbocycles. The second kappa shape index (κ2) is 4.92. The first kappa shape index (κ1) is 14.0. The molecule has 0 unspecified atom stereocenters. The van der Waals surface area contributed by atoms with Crippen LogP contribution in [0.1, 0.15) is 16.1 Å². The largest absolute Gasteiger partial charge is 0.478 e. The van der Waals surface area contributed by atoms with Crippen LogP contribution < -0.4 is 4.90 Å². The normalized spacial score (nSPS) is 10.7. The summed E-state index contributed by atoms with van der Waals surface area (Å²) in [5, 5.41) is 12.9. The van der Waals surface area contributed by atoms with Crippen molar-refractivity contribution in [3.8, 4) is 5.69 Å². The molecule has 20 heavy (non-hydrogen) atoms. The van der Waals surface area contributed by atoms with Crippen molar-refractivity contribution in [2.24, 2.45) is 0 Å². The molecule has 0 saturated heterocycles. The molecule has 0 bridgehead atoms. The van der Waals surface area contributed by atoms with Crippen LogP contribution in [0, 0.1) is 18.6 Å². The van der Waals surface area contributed by atoms with Crippen molar-refractivity contribution in [2.45, 2.75) is 6.92 Å². The first-order chi connectivity index (χ1) is 9.32. The quantitative estimate of drug-likeness (QED) is 0.937. The molecular formula is C13H13F2N3O2. The predicted molar refractivity (Wildman–Crippen MR) is 69.5 cm³/mol. The van der Waals surface area contributed by atoms with Gasteiger partial charge in [-0.2, -0.15) is 5.10 Å². The Morgan fingerprint density at radius 1 is 1.35 bits per heavy atom. The van der Waals surface area contributed by atoms with Gasteiger partial charge in [0.25, 0.3) is 0 Å². The minimum Gasteiger partial charge on any atom is -0.478 e. The van der Waals surface area contributed by atoms with E-state index < -0.39 is 17.6 Å². The summed E-state index contributed by atoms with van der Waals surface area (Å²) in [5.41, 5.74) is 0.525. The Kier molecular flexibility index (Phi) is 3.44. The van der Waals surface area contributed by atoms with E-state index in [1.165, 1.54) is 17.9 Å². The average molecular weight is 281 g/mol. The fourth-order valence-corrected chi connectivity index (χ4v) is 1.95. The highest BCUT2D eigenvalue weighted by Crippen LogP contribution is 2.28. The minimum atomic E-state index is -1.15. The van der Waals surface area contributed by atoms with Gasteiger partial charge in [0, 0.05) is 20.2 Å². The number of nitrogens with zero attached hydrogens (tertiary/aromatic N) is 3. The van der Waals surface area contributed by atoms with Crippen molar-refractivity contribution in [3.63, 3.8) is 0 Å². The van der Waals surface area contributed by atoms with E-state index in [4.69, 9.17) is 5.11 Å². The molecule has 0 aliphatic heterocycles. The van der Waals surface area contributed by atoms with Crippen LogP contribution in [0.25, 0.3) is 5.69 Å². The van der Waals surface area contributed by atoms with Crippen molar-refractivity contribution < 1.29 is 18.7 Å². The number of aromatic nitrogens is 2. The highest BCUT2D eigenvalue weighted by Gasteiger charge is 2.20. The zero-order chi connectivity index (χ0) is 15.0. The number of anilines is 1. The Labute approximate surface area is 114 Å². The molecule has 0 amide bonds. The number of carboxylic acid groups (broad SMARTS) is 1. The van der Waals surface area contributed by atoms with E-state index in [2.05, 4.69) is 5.10 Å². The summed E-state index contributed by atoms with van der Waals surface area (Å²) in [7, 11) is 3.27. The fourth-order valence-electron chi connectivity index (χ4n) is 1.95. The Balaban J connectivity index is 2.72. The zero-order valence-corrected chi connectivity index (χ0v) is 11.2. The van der Waals surface area contributed by atoms with Gasteiger partial charge in [0.2, 0.25) is 0 Å². The van der Waals surface area contributed by atoms with E-state index in [1.807, 2.05) is 0 Å². The molecule has 0 spiro atoms. The van der Waals surface area contributed by atoms with Crippen molar-refractivity contribution in [1.82, 2.24) is 9.78 Å².